The topological polar surface area (TPSA) is 67.4 Å². The number of hydrogen-bond donors (Lipinski definition) is 2. The van der Waals surface area contributed by atoms with Crippen molar-refractivity contribution in [3.05, 3.63) is 16.0 Å². The lowest BCUT2D eigenvalue weighted by atomic mass is 10.1. The van der Waals surface area contributed by atoms with Gasteiger partial charge >= 0.3 is 5.97 Å². The molecule has 0 atom stereocenters. The molecule has 0 spiro atoms. The third-order valence-electron chi connectivity index (χ3n) is 3.32. The lowest BCUT2D eigenvalue weighted by Crippen LogP contribution is -2.32. The van der Waals surface area contributed by atoms with Gasteiger partial charge in [0.15, 0.2) is 0 Å². The first-order chi connectivity index (χ1) is 10.0. The fourth-order valence-corrected chi connectivity index (χ4v) is 3.67. The zero-order valence-electron chi connectivity index (χ0n) is 12.7. The minimum absolute atomic E-state index is 0.130. The molecule has 1 aromatic rings. The fraction of sp³-hybridized carbons (Fsp3) is 0.600. The van der Waals surface area contributed by atoms with Gasteiger partial charge in [0.1, 0.15) is 5.00 Å². The van der Waals surface area contributed by atoms with Crippen LogP contribution in [0.15, 0.2) is 0 Å². The molecule has 0 saturated heterocycles. The van der Waals surface area contributed by atoms with Crippen molar-refractivity contribution in [2.24, 2.45) is 0 Å². The Kier molecular flexibility index (Phi) is 5.36. The molecule has 5 nitrogen and oxygen atoms in total. The van der Waals surface area contributed by atoms with Crippen molar-refractivity contribution in [1.29, 1.82) is 0 Å². The first kappa shape index (κ1) is 16.0. The lowest BCUT2D eigenvalue weighted by molar-refractivity contribution is -0.115. The van der Waals surface area contributed by atoms with Gasteiger partial charge < -0.3 is 15.4 Å². The molecule has 0 bridgehead atoms. The molecule has 1 amide bonds. The number of carbonyl (C=O) groups is 2. The van der Waals surface area contributed by atoms with Gasteiger partial charge in [-0.3, -0.25) is 4.79 Å². The van der Waals surface area contributed by atoms with Crippen LogP contribution in [0, 0.1) is 0 Å². The summed E-state index contributed by atoms with van der Waals surface area (Å²) in [7, 11) is 0. The number of ether oxygens (including phenoxy) is 1. The predicted octanol–water partition coefficient (Wildman–Crippen LogP) is 2.35. The number of hydrogen-bond acceptors (Lipinski definition) is 5. The van der Waals surface area contributed by atoms with E-state index in [0.29, 0.717) is 17.2 Å². The summed E-state index contributed by atoms with van der Waals surface area (Å²) in [5, 5.41) is 6.55. The van der Waals surface area contributed by atoms with E-state index in [1.807, 2.05) is 13.8 Å². The second-order valence-electron chi connectivity index (χ2n) is 5.37. The van der Waals surface area contributed by atoms with Crippen LogP contribution in [0.3, 0.4) is 0 Å². The monoisotopic (exact) mass is 310 g/mol. The van der Waals surface area contributed by atoms with Gasteiger partial charge in [-0.2, -0.15) is 0 Å². The molecule has 2 rings (SSSR count). The van der Waals surface area contributed by atoms with Gasteiger partial charge in [-0.15, -0.1) is 11.3 Å². The van der Waals surface area contributed by atoms with Gasteiger partial charge in [-0.25, -0.2) is 4.79 Å². The van der Waals surface area contributed by atoms with E-state index in [-0.39, 0.29) is 24.5 Å². The average Bonchev–Trinajstić information content (AvgIpc) is 2.96. The summed E-state index contributed by atoms with van der Waals surface area (Å²) in [6, 6.07) is 0.244. The van der Waals surface area contributed by atoms with Gasteiger partial charge in [0.05, 0.1) is 18.7 Å². The van der Waals surface area contributed by atoms with E-state index in [2.05, 4.69) is 10.6 Å². The van der Waals surface area contributed by atoms with Crippen molar-refractivity contribution >= 4 is 28.2 Å². The molecule has 0 unspecified atom stereocenters. The van der Waals surface area contributed by atoms with Crippen LogP contribution in [0.5, 0.6) is 0 Å². The van der Waals surface area contributed by atoms with E-state index in [9.17, 15) is 9.59 Å². The standard InChI is InChI=1S/C15H22N2O3S/c1-4-20-15(19)13-10-6-5-7-11(10)21-14(13)17-12(18)8-16-9(2)3/h9,16H,4-8H2,1-3H3,(H,17,18). The number of thiophene rings is 1. The maximum Gasteiger partial charge on any atom is 0.341 e. The highest BCUT2D eigenvalue weighted by Crippen LogP contribution is 2.39. The Labute approximate surface area is 129 Å². The van der Waals surface area contributed by atoms with Crippen LogP contribution in [0.4, 0.5) is 5.00 Å². The summed E-state index contributed by atoms with van der Waals surface area (Å²) in [6.07, 6.45) is 2.93. The van der Waals surface area contributed by atoms with Gasteiger partial charge in [0.25, 0.3) is 0 Å². The van der Waals surface area contributed by atoms with E-state index in [1.165, 1.54) is 16.2 Å². The van der Waals surface area contributed by atoms with Crippen molar-refractivity contribution in [1.82, 2.24) is 5.32 Å². The number of esters is 1. The lowest BCUT2D eigenvalue weighted by Gasteiger charge is -2.10. The van der Waals surface area contributed by atoms with E-state index in [0.717, 1.165) is 24.8 Å². The summed E-state index contributed by atoms with van der Waals surface area (Å²) in [6.45, 7) is 6.33. The molecule has 0 radical (unpaired) electrons. The molecule has 0 saturated carbocycles. The Morgan fingerprint density at radius 1 is 1.33 bits per heavy atom. The van der Waals surface area contributed by atoms with E-state index >= 15 is 0 Å². The number of carbonyl (C=O) groups excluding carboxylic acids is 2. The van der Waals surface area contributed by atoms with Crippen LogP contribution < -0.4 is 10.6 Å². The van der Waals surface area contributed by atoms with Crippen LogP contribution in [-0.2, 0) is 22.4 Å². The number of anilines is 1. The van der Waals surface area contributed by atoms with Crippen molar-refractivity contribution < 1.29 is 14.3 Å². The van der Waals surface area contributed by atoms with Crippen LogP contribution in [0.1, 0.15) is 48.0 Å². The van der Waals surface area contributed by atoms with Gasteiger partial charge in [0.2, 0.25) is 5.91 Å². The number of rotatable bonds is 6. The third-order valence-corrected chi connectivity index (χ3v) is 4.53. The molecule has 116 valence electrons. The molecule has 1 aromatic heterocycles. The maximum atomic E-state index is 12.2. The second-order valence-corrected chi connectivity index (χ2v) is 6.47. The number of amides is 1. The minimum Gasteiger partial charge on any atom is -0.462 e. The van der Waals surface area contributed by atoms with Crippen LogP contribution in [-0.4, -0.2) is 31.1 Å². The molecule has 6 heteroatoms. The molecular weight excluding hydrogens is 288 g/mol. The number of aryl methyl sites for hydroxylation is 1. The smallest absolute Gasteiger partial charge is 0.341 e. The molecule has 0 aliphatic heterocycles. The zero-order chi connectivity index (χ0) is 15.4. The van der Waals surface area contributed by atoms with E-state index in [4.69, 9.17) is 4.74 Å². The zero-order valence-corrected chi connectivity index (χ0v) is 13.6. The Bertz CT molecular complexity index is 537. The highest BCUT2D eigenvalue weighted by Gasteiger charge is 2.28. The molecule has 0 aromatic carbocycles. The molecule has 21 heavy (non-hydrogen) atoms. The molecule has 1 aliphatic rings. The Hall–Kier alpha value is -1.40. The van der Waals surface area contributed by atoms with Crippen molar-refractivity contribution in [3.63, 3.8) is 0 Å². The summed E-state index contributed by atoms with van der Waals surface area (Å²) < 4.78 is 5.13. The summed E-state index contributed by atoms with van der Waals surface area (Å²) in [5.41, 5.74) is 1.62. The van der Waals surface area contributed by atoms with E-state index < -0.39 is 0 Å². The summed E-state index contributed by atoms with van der Waals surface area (Å²) >= 11 is 1.50. The number of fused-ring (bicyclic) bond motifs is 1. The fourth-order valence-electron chi connectivity index (χ4n) is 2.38. The Morgan fingerprint density at radius 3 is 2.76 bits per heavy atom. The minimum atomic E-state index is -0.330. The normalized spacial score (nSPS) is 13.3. The highest BCUT2D eigenvalue weighted by atomic mass is 32.1. The van der Waals surface area contributed by atoms with Crippen molar-refractivity contribution in [2.75, 3.05) is 18.5 Å². The van der Waals surface area contributed by atoms with Gasteiger partial charge in [-0.05, 0) is 31.7 Å². The molecule has 0 fully saturated rings. The molecular formula is C15H22N2O3S. The van der Waals surface area contributed by atoms with Crippen LogP contribution >= 0.6 is 11.3 Å². The Morgan fingerprint density at radius 2 is 2.10 bits per heavy atom. The molecule has 2 N–H and O–H groups in total. The summed E-state index contributed by atoms with van der Waals surface area (Å²) in [4.78, 5) is 25.3. The first-order valence-electron chi connectivity index (χ1n) is 7.37. The van der Waals surface area contributed by atoms with Crippen LogP contribution in [0.25, 0.3) is 0 Å². The molecule has 1 aliphatic carbocycles. The Balaban J connectivity index is 2.15. The SMILES string of the molecule is CCOC(=O)c1c(NC(=O)CNC(C)C)sc2c1CCC2. The van der Waals surface area contributed by atoms with Gasteiger partial charge in [-0.1, -0.05) is 13.8 Å². The van der Waals surface area contributed by atoms with Crippen molar-refractivity contribution in [3.8, 4) is 0 Å². The number of nitrogens with one attached hydrogen (secondary N) is 2. The van der Waals surface area contributed by atoms with E-state index in [1.54, 1.807) is 6.92 Å². The quantitative estimate of drug-likeness (QED) is 0.792. The largest absolute Gasteiger partial charge is 0.462 e. The highest BCUT2D eigenvalue weighted by molar-refractivity contribution is 7.17. The predicted molar refractivity (Wildman–Crippen MR) is 84.1 cm³/mol. The molecule has 1 heterocycles. The summed E-state index contributed by atoms with van der Waals surface area (Å²) in [5.74, 6) is -0.460. The van der Waals surface area contributed by atoms with Crippen LogP contribution in [0.2, 0.25) is 0 Å². The average molecular weight is 310 g/mol. The van der Waals surface area contributed by atoms with Gasteiger partial charge in [0, 0.05) is 10.9 Å². The second kappa shape index (κ2) is 7.04. The van der Waals surface area contributed by atoms with Crippen molar-refractivity contribution in [2.45, 2.75) is 46.1 Å². The maximum absolute atomic E-state index is 12.2. The first-order valence-corrected chi connectivity index (χ1v) is 8.19. The third kappa shape index (κ3) is 3.83.